The van der Waals surface area contributed by atoms with E-state index >= 15 is 0 Å². The maximum absolute atomic E-state index is 5.50. The average Bonchev–Trinajstić information content (AvgIpc) is 3.49. The van der Waals surface area contributed by atoms with Gasteiger partial charge in [0.05, 0.1) is 26.9 Å². The van der Waals surface area contributed by atoms with E-state index in [1.54, 1.807) is 21.3 Å². The summed E-state index contributed by atoms with van der Waals surface area (Å²) >= 11 is 0. The van der Waals surface area contributed by atoms with Crippen molar-refractivity contribution in [2.24, 2.45) is 0 Å². The van der Waals surface area contributed by atoms with Gasteiger partial charge >= 0.3 is 0 Å². The molecule has 0 aliphatic rings. The van der Waals surface area contributed by atoms with Gasteiger partial charge in [-0.05, 0) is 28.8 Å². The molecule has 5 aromatic rings. The first-order valence-electron chi connectivity index (χ1n) is 12.8. The van der Waals surface area contributed by atoms with Crippen LogP contribution in [0.1, 0.15) is 22.5 Å². The summed E-state index contributed by atoms with van der Waals surface area (Å²) in [5.41, 5.74) is 3.73. The van der Waals surface area contributed by atoms with Crippen LogP contribution in [0.4, 0.5) is 0 Å². The Morgan fingerprint density at radius 1 is 0.692 bits per heavy atom. The van der Waals surface area contributed by atoms with Crippen LogP contribution in [0.2, 0.25) is 0 Å². The van der Waals surface area contributed by atoms with E-state index < -0.39 is 5.54 Å². The van der Waals surface area contributed by atoms with Gasteiger partial charge < -0.3 is 14.2 Å². The van der Waals surface area contributed by atoms with Crippen LogP contribution in [0.3, 0.4) is 0 Å². The first kappa shape index (κ1) is 26.0. The Kier molecular flexibility index (Phi) is 7.89. The van der Waals surface area contributed by atoms with Crippen molar-refractivity contribution in [3.63, 3.8) is 0 Å². The molecule has 4 aromatic carbocycles. The van der Waals surface area contributed by atoms with Crippen LogP contribution in [-0.4, -0.2) is 43.1 Å². The molecule has 0 amide bonds. The number of aromatic nitrogens is 3. The highest BCUT2D eigenvalue weighted by molar-refractivity contribution is 5.66. The molecular formula is C32H32N4O3. The third-order valence-corrected chi connectivity index (χ3v) is 6.83. The van der Waals surface area contributed by atoms with Crippen LogP contribution in [-0.2, 0) is 12.0 Å². The monoisotopic (exact) mass is 520 g/mol. The van der Waals surface area contributed by atoms with E-state index in [0.717, 1.165) is 28.1 Å². The van der Waals surface area contributed by atoms with Crippen molar-refractivity contribution in [1.82, 2.24) is 20.5 Å². The summed E-state index contributed by atoms with van der Waals surface area (Å²) in [6, 6.07) is 35.3. The molecule has 0 unspecified atom stereocenters. The lowest BCUT2D eigenvalue weighted by molar-refractivity contribution is 0.324. The van der Waals surface area contributed by atoms with E-state index in [0.29, 0.717) is 36.0 Å². The second-order valence-electron chi connectivity index (χ2n) is 9.04. The fraction of sp³-hybridized carbons (Fsp3) is 0.188. The summed E-state index contributed by atoms with van der Waals surface area (Å²) < 4.78 is 16.4. The minimum atomic E-state index is -0.538. The average molecular weight is 521 g/mol. The molecule has 0 saturated heterocycles. The highest BCUT2D eigenvalue weighted by Crippen LogP contribution is 2.40. The van der Waals surface area contributed by atoms with Crippen LogP contribution in [0.25, 0.3) is 11.4 Å². The number of hydrogen-bond acceptors (Lipinski definition) is 6. The Balaban J connectivity index is 1.44. The van der Waals surface area contributed by atoms with Crippen molar-refractivity contribution in [3.8, 4) is 28.6 Å². The number of hydrogen-bond donors (Lipinski definition) is 2. The number of aromatic amines is 1. The van der Waals surface area contributed by atoms with Crippen molar-refractivity contribution >= 4 is 0 Å². The van der Waals surface area contributed by atoms with Crippen LogP contribution in [0.5, 0.6) is 17.2 Å². The van der Waals surface area contributed by atoms with E-state index in [9.17, 15) is 0 Å². The van der Waals surface area contributed by atoms with Gasteiger partial charge in [-0.2, -0.15) is 5.10 Å². The summed E-state index contributed by atoms with van der Waals surface area (Å²) in [6.45, 7) is 0.655. The molecule has 0 atom stereocenters. The van der Waals surface area contributed by atoms with Crippen molar-refractivity contribution in [1.29, 1.82) is 0 Å². The summed E-state index contributed by atoms with van der Waals surface area (Å²) in [4.78, 5) is 4.77. The molecule has 1 heterocycles. The fourth-order valence-electron chi connectivity index (χ4n) is 4.99. The van der Waals surface area contributed by atoms with Crippen LogP contribution in [0.15, 0.2) is 103 Å². The van der Waals surface area contributed by atoms with Crippen LogP contribution >= 0.6 is 0 Å². The predicted molar refractivity (Wildman–Crippen MR) is 152 cm³/mol. The maximum Gasteiger partial charge on any atom is 0.203 e. The molecule has 0 fully saturated rings. The van der Waals surface area contributed by atoms with Gasteiger partial charge in [-0.1, -0.05) is 91.0 Å². The van der Waals surface area contributed by atoms with Crippen LogP contribution < -0.4 is 19.5 Å². The summed E-state index contributed by atoms with van der Waals surface area (Å²) in [6.07, 6.45) is 0.645. The van der Waals surface area contributed by atoms with E-state index in [4.69, 9.17) is 19.2 Å². The van der Waals surface area contributed by atoms with Crippen LogP contribution in [0, 0.1) is 0 Å². The zero-order chi connectivity index (χ0) is 27.1. The molecule has 198 valence electrons. The first-order chi connectivity index (χ1) is 19.2. The number of nitrogens with zero attached hydrogens (tertiary/aromatic N) is 2. The van der Waals surface area contributed by atoms with Gasteiger partial charge in [0.2, 0.25) is 5.75 Å². The van der Waals surface area contributed by atoms with Crippen molar-refractivity contribution in [2.45, 2.75) is 12.0 Å². The van der Waals surface area contributed by atoms with Crippen molar-refractivity contribution < 1.29 is 14.2 Å². The maximum atomic E-state index is 5.50. The highest BCUT2D eigenvalue weighted by atomic mass is 16.5. The van der Waals surface area contributed by atoms with Gasteiger partial charge in [-0.3, -0.25) is 10.4 Å². The topological polar surface area (TPSA) is 81.3 Å². The third-order valence-electron chi connectivity index (χ3n) is 6.83. The van der Waals surface area contributed by atoms with Gasteiger partial charge in [0.15, 0.2) is 17.3 Å². The minimum absolute atomic E-state index is 0.530. The molecule has 0 saturated carbocycles. The molecule has 0 radical (unpaired) electrons. The number of methoxy groups -OCH3 is 3. The molecule has 1 aromatic heterocycles. The second kappa shape index (κ2) is 11.8. The number of rotatable bonds is 11. The van der Waals surface area contributed by atoms with Gasteiger partial charge in [-0.25, -0.2) is 4.98 Å². The Hall–Kier alpha value is -4.62. The van der Waals surface area contributed by atoms with Gasteiger partial charge in [0, 0.05) is 18.5 Å². The van der Waals surface area contributed by atoms with Gasteiger partial charge in [0.1, 0.15) is 5.82 Å². The van der Waals surface area contributed by atoms with Gasteiger partial charge in [0.25, 0.3) is 0 Å². The quantitative estimate of drug-likeness (QED) is 0.220. The SMILES string of the molecule is COc1cc(-c2n[nH]c(CCNC(c3ccccc3)(c3ccccc3)c3ccccc3)n2)cc(OC)c1OC. The molecule has 2 N–H and O–H groups in total. The molecule has 7 heteroatoms. The minimum Gasteiger partial charge on any atom is -0.493 e. The Morgan fingerprint density at radius 3 is 1.62 bits per heavy atom. The normalized spacial score (nSPS) is 11.3. The zero-order valence-electron chi connectivity index (χ0n) is 22.3. The summed E-state index contributed by atoms with van der Waals surface area (Å²) in [5.74, 6) is 2.97. The van der Waals surface area contributed by atoms with E-state index in [-0.39, 0.29) is 0 Å². The van der Waals surface area contributed by atoms with E-state index in [1.165, 1.54) is 0 Å². The lowest BCUT2D eigenvalue weighted by Gasteiger charge is -2.37. The Labute approximate surface area is 228 Å². The number of ether oxygens (including phenoxy) is 3. The predicted octanol–water partition coefficient (Wildman–Crippen LogP) is 5.62. The lowest BCUT2D eigenvalue weighted by atomic mass is 9.77. The van der Waals surface area contributed by atoms with Crippen molar-refractivity contribution in [2.75, 3.05) is 27.9 Å². The number of benzene rings is 4. The Bertz CT molecular complexity index is 1370. The van der Waals surface area contributed by atoms with Gasteiger partial charge in [-0.15, -0.1) is 0 Å². The molecule has 0 bridgehead atoms. The summed E-state index contributed by atoms with van der Waals surface area (Å²) in [5, 5.41) is 11.5. The molecule has 39 heavy (non-hydrogen) atoms. The first-order valence-corrected chi connectivity index (χ1v) is 12.8. The smallest absolute Gasteiger partial charge is 0.203 e. The third kappa shape index (κ3) is 5.22. The fourth-order valence-corrected chi connectivity index (χ4v) is 4.99. The van der Waals surface area contributed by atoms with Crippen molar-refractivity contribution in [3.05, 3.63) is 126 Å². The van der Waals surface area contributed by atoms with E-state index in [2.05, 4.69) is 88.3 Å². The molecule has 0 spiro atoms. The molecule has 0 aliphatic carbocycles. The molecule has 5 rings (SSSR count). The lowest BCUT2D eigenvalue weighted by Crippen LogP contribution is -2.45. The number of H-pyrrole nitrogens is 1. The number of nitrogens with one attached hydrogen (secondary N) is 2. The largest absolute Gasteiger partial charge is 0.493 e. The van der Waals surface area contributed by atoms with E-state index in [1.807, 2.05) is 30.3 Å². The molecular weight excluding hydrogens is 488 g/mol. The second-order valence-corrected chi connectivity index (χ2v) is 9.04. The highest BCUT2D eigenvalue weighted by Gasteiger charge is 2.35. The molecule has 7 nitrogen and oxygen atoms in total. The molecule has 0 aliphatic heterocycles. The standard InChI is InChI=1S/C32H32N4O3/c1-37-27-21-23(22-28(38-2)30(27)39-3)31-34-29(35-36-31)19-20-33-32(24-13-7-4-8-14-24,25-15-9-5-10-16-25)26-17-11-6-12-18-26/h4-18,21-22,33H,19-20H2,1-3H3,(H,34,35,36). The Morgan fingerprint density at radius 2 is 1.18 bits per heavy atom. The summed E-state index contributed by atoms with van der Waals surface area (Å²) in [7, 11) is 4.77. The zero-order valence-corrected chi connectivity index (χ0v) is 22.3.